The van der Waals surface area contributed by atoms with Crippen LogP contribution in [0.2, 0.25) is 0 Å². The molecule has 6 heteroatoms. The summed E-state index contributed by atoms with van der Waals surface area (Å²) in [5.41, 5.74) is 2.11. The molecular formula is C21H24N4OS. The number of benzene rings is 1. The number of allylic oxidation sites excluding steroid dienone is 4. The Morgan fingerprint density at radius 3 is 2.74 bits per heavy atom. The molecule has 0 unspecified atom stereocenters. The summed E-state index contributed by atoms with van der Waals surface area (Å²) in [5, 5.41) is 8.70. The molecule has 1 aromatic carbocycles. The van der Waals surface area contributed by atoms with E-state index in [4.69, 9.17) is 17.0 Å². The van der Waals surface area contributed by atoms with Crippen LogP contribution in [-0.2, 0) is 0 Å². The molecule has 3 rings (SSSR count). The number of hydrogen-bond acceptors (Lipinski definition) is 3. The minimum Gasteiger partial charge on any atom is -0.478 e. The third kappa shape index (κ3) is 5.37. The second kappa shape index (κ2) is 9.28. The van der Waals surface area contributed by atoms with Crippen molar-refractivity contribution in [3.05, 3.63) is 71.8 Å². The number of aromatic nitrogens is 2. The van der Waals surface area contributed by atoms with E-state index in [1.807, 2.05) is 41.9 Å². The number of nitrogens with zero attached hydrogens (tertiary/aromatic N) is 3. The van der Waals surface area contributed by atoms with Crippen LogP contribution in [0.25, 0.3) is 0 Å². The highest BCUT2D eigenvalue weighted by atomic mass is 32.1. The molecule has 140 valence electrons. The van der Waals surface area contributed by atoms with E-state index in [0.29, 0.717) is 23.0 Å². The topological polar surface area (TPSA) is 51.4 Å². The van der Waals surface area contributed by atoms with E-state index in [0.717, 1.165) is 18.5 Å². The third-order valence-corrected chi connectivity index (χ3v) is 4.21. The Morgan fingerprint density at radius 2 is 2.04 bits per heavy atom. The number of hydrogen-bond donors (Lipinski definition) is 1. The monoisotopic (exact) mass is 380 g/mol. The molecule has 1 aliphatic rings. The van der Waals surface area contributed by atoms with E-state index in [2.05, 4.69) is 46.6 Å². The molecule has 0 saturated heterocycles. The fourth-order valence-corrected chi connectivity index (χ4v) is 2.88. The molecule has 1 aliphatic carbocycles. The number of aryl methyl sites for hydroxylation is 1. The highest BCUT2D eigenvalue weighted by Gasteiger charge is 2.11. The SMILES string of the molecule is CCCOc1cc(=NC(=S)Nc2ccc(C)cc2)cnn1C1C=CCC=C1. The van der Waals surface area contributed by atoms with Crippen molar-refractivity contribution in [2.75, 3.05) is 11.9 Å². The van der Waals surface area contributed by atoms with E-state index in [9.17, 15) is 0 Å². The number of thiocarbonyl (C=S) groups is 1. The minimum atomic E-state index is 0.0530. The van der Waals surface area contributed by atoms with E-state index in [-0.39, 0.29) is 6.04 Å². The van der Waals surface area contributed by atoms with Gasteiger partial charge in [0.05, 0.1) is 24.2 Å². The molecule has 1 heterocycles. The molecule has 0 radical (unpaired) electrons. The van der Waals surface area contributed by atoms with Gasteiger partial charge in [0.2, 0.25) is 5.88 Å². The molecule has 1 aromatic heterocycles. The molecule has 0 aliphatic heterocycles. The zero-order chi connectivity index (χ0) is 19.1. The first kappa shape index (κ1) is 19.0. The normalized spacial score (nSPS) is 14.4. The van der Waals surface area contributed by atoms with Gasteiger partial charge in [0, 0.05) is 11.8 Å². The van der Waals surface area contributed by atoms with Crippen molar-refractivity contribution < 1.29 is 4.74 Å². The summed E-state index contributed by atoms with van der Waals surface area (Å²) >= 11 is 5.36. The Morgan fingerprint density at radius 1 is 1.30 bits per heavy atom. The van der Waals surface area contributed by atoms with Gasteiger partial charge in [-0.05, 0) is 44.1 Å². The fourth-order valence-electron chi connectivity index (χ4n) is 2.65. The van der Waals surface area contributed by atoms with Gasteiger partial charge in [-0.15, -0.1) is 0 Å². The van der Waals surface area contributed by atoms with Crippen molar-refractivity contribution in [2.45, 2.75) is 32.7 Å². The first-order valence-electron chi connectivity index (χ1n) is 9.13. The van der Waals surface area contributed by atoms with Gasteiger partial charge >= 0.3 is 0 Å². The van der Waals surface area contributed by atoms with Gasteiger partial charge in [-0.3, -0.25) is 0 Å². The molecule has 0 atom stereocenters. The number of anilines is 1. The number of rotatable bonds is 5. The highest BCUT2D eigenvalue weighted by Crippen LogP contribution is 2.20. The third-order valence-electron chi connectivity index (χ3n) is 4.02. The lowest BCUT2D eigenvalue weighted by atomic mass is 10.1. The largest absolute Gasteiger partial charge is 0.478 e. The number of nitrogens with one attached hydrogen (secondary N) is 1. The van der Waals surface area contributed by atoms with Crippen LogP contribution in [0.1, 0.15) is 31.4 Å². The maximum Gasteiger partial charge on any atom is 0.213 e. The van der Waals surface area contributed by atoms with Crippen LogP contribution in [0.4, 0.5) is 5.69 Å². The molecule has 5 nitrogen and oxygen atoms in total. The van der Waals surface area contributed by atoms with Crippen LogP contribution in [0, 0.1) is 6.92 Å². The summed E-state index contributed by atoms with van der Waals surface area (Å²) in [6.45, 7) is 4.75. The predicted molar refractivity (Wildman–Crippen MR) is 113 cm³/mol. The molecule has 0 saturated carbocycles. The van der Waals surface area contributed by atoms with E-state index in [1.54, 1.807) is 6.20 Å². The van der Waals surface area contributed by atoms with Crippen LogP contribution in [0.3, 0.4) is 0 Å². The summed E-state index contributed by atoms with van der Waals surface area (Å²) in [6, 6.07) is 9.94. The van der Waals surface area contributed by atoms with Crippen LogP contribution in [0.5, 0.6) is 5.88 Å². The van der Waals surface area contributed by atoms with Crippen molar-refractivity contribution in [1.29, 1.82) is 0 Å². The van der Waals surface area contributed by atoms with Gasteiger partial charge < -0.3 is 10.1 Å². The van der Waals surface area contributed by atoms with Crippen molar-refractivity contribution in [3.8, 4) is 5.88 Å². The maximum atomic E-state index is 5.90. The van der Waals surface area contributed by atoms with Crippen LogP contribution >= 0.6 is 12.2 Å². The van der Waals surface area contributed by atoms with Crippen molar-refractivity contribution in [1.82, 2.24) is 9.78 Å². The van der Waals surface area contributed by atoms with E-state index >= 15 is 0 Å². The van der Waals surface area contributed by atoms with Gasteiger partial charge in [0.15, 0.2) is 5.11 Å². The lowest BCUT2D eigenvalue weighted by Crippen LogP contribution is -2.20. The molecule has 27 heavy (non-hydrogen) atoms. The zero-order valence-corrected chi connectivity index (χ0v) is 16.4. The smallest absolute Gasteiger partial charge is 0.213 e. The Hall–Kier alpha value is -2.73. The Bertz CT molecular complexity index is 901. The molecule has 1 N–H and O–H groups in total. The summed E-state index contributed by atoms with van der Waals surface area (Å²) < 4.78 is 7.76. The van der Waals surface area contributed by atoms with Gasteiger partial charge in [0.25, 0.3) is 0 Å². The quantitative estimate of drug-likeness (QED) is 0.619. The van der Waals surface area contributed by atoms with Gasteiger partial charge in [-0.2, -0.15) is 5.10 Å². The maximum absolute atomic E-state index is 5.90. The highest BCUT2D eigenvalue weighted by molar-refractivity contribution is 7.80. The Kier molecular flexibility index (Phi) is 6.54. The first-order valence-corrected chi connectivity index (χ1v) is 9.54. The second-order valence-electron chi connectivity index (χ2n) is 6.34. The standard InChI is InChI=1S/C21H24N4OS/c1-3-13-26-20-14-18(15-22-25(20)19-7-5-4-6-8-19)24-21(27)23-17-11-9-16(2)10-12-17/h5-12,14-15,19H,3-4,13H2,1-2H3,(H,23,27). The van der Waals surface area contributed by atoms with Crippen molar-refractivity contribution in [3.63, 3.8) is 0 Å². The average Bonchev–Trinajstić information content (AvgIpc) is 2.69. The van der Waals surface area contributed by atoms with Crippen LogP contribution in [0.15, 0.2) is 65.8 Å². The Labute approximate surface area is 165 Å². The minimum absolute atomic E-state index is 0.0530. The van der Waals surface area contributed by atoms with E-state index < -0.39 is 0 Å². The lowest BCUT2D eigenvalue weighted by molar-refractivity contribution is 0.276. The molecule has 0 amide bonds. The van der Waals surface area contributed by atoms with Crippen LogP contribution in [-0.4, -0.2) is 21.5 Å². The van der Waals surface area contributed by atoms with Gasteiger partial charge in [-0.25, -0.2) is 9.67 Å². The summed E-state index contributed by atoms with van der Waals surface area (Å²) in [4.78, 5) is 4.46. The van der Waals surface area contributed by atoms with Crippen LogP contribution < -0.4 is 15.4 Å². The number of ether oxygens (including phenoxy) is 1. The molecule has 2 aromatic rings. The van der Waals surface area contributed by atoms with E-state index in [1.165, 1.54) is 5.56 Å². The van der Waals surface area contributed by atoms with Gasteiger partial charge in [-0.1, -0.05) is 48.9 Å². The lowest BCUT2D eigenvalue weighted by Gasteiger charge is -2.18. The molecule has 0 bridgehead atoms. The summed E-state index contributed by atoms with van der Waals surface area (Å²) in [7, 11) is 0. The zero-order valence-electron chi connectivity index (χ0n) is 15.6. The summed E-state index contributed by atoms with van der Waals surface area (Å²) in [5.74, 6) is 0.678. The second-order valence-corrected chi connectivity index (χ2v) is 6.72. The fraction of sp³-hybridized carbons (Fsp3) is 0.286. The van der Waals surface area contributed by atoms with Crippen molar-refractivity contribution >= 4 is 23.0 Å². The molecule has 0 fully saturated rings. The summed E-state index contributed by atoms with van der Waals surface area (Å²) in [6.07, 6.45) is 12.1. The predicted octanol–water partition coefficient (Wildman–Crippen LogP) is 4.34. The van der Waals surface area contributed by atoms with Gasteiger partial charge in [0.1, 0.15) is 0 Å². The van der Waals surface area contributed by atoms with Crippen molar-refractivity contribution in [2.24, 2.45) is 4.99 Å². The molecule has 0 spiro atoms. The molecular weight excluding hydrogens is 356 g/mol. The Balaban J connectivity index is 1.83. The average molecular weight is 381 g/mol. The first-order chi connectivity index (χ1) is 13.2.